The van der Waals surface area contributed by atoms with E-state index in [9.17, 15) is 4.79 Å². The third-order valence-electron chi connectivity index (χ3n) is 3.43. The van der Waals surface area contributed by atoms with Gasteiger partial charge in [0.2, 0.25) is 5.82 Å². The fourth-order valence-corrected chi connectivity index (χ4v) is 2.46. The molecule has 0 bridgehead atoms. The molecule has 0 saturated heterocycles. The van der Waals surface area contributed by atoms with Gasteiger partial charge in [0.05, 0.1) is 10.0 Å². The van der Waals surface area contributed by atoms with Crippen LogP contribution in [0, 0.1) is 6.92 Å². The molecule has 1 aromatic heterocycles. The number of carbonyl (C=O) groups is 1. The number of hydrogen-bond donors (Lipinski definition) is 1. The molecule has 0 radical (unpaired) electrons. The lowest BCUT2D eigenvalue weighted by atomic mass is 10.3. The monoisotopic (exact) mass is 377 g/mol. The van der Waals surface area contributed by atoms with E-state index in [1.165, 1.54) is 9.58 Å². The van der Waals surface area contributed by atoms with Crippen LogP contribution in [0.1, 0.15) is 23.4 Å². The standard InChI is InChI=1S/C14H17Cl2N5O.ClH/c1-8(7-17)20(3)14(22)13-18-9(2)21(19-13)12-10(15)5-4-6-11(12)16;/h4-6,8H,7,17H2,1-3H3;1H. The fraction of sp³-hybridized carbons (Fsp3) is 0.357. The van der Waals surface area contributed by atoms with Crippen molar-refractivity contribution >= 4 is 41.5 Å². The van der Waals surface area contributed by atoms with Gasteiger partial charge >= 0.3 is 0 Å². The van der Waals surface area contributed by atoms with Gasteiger partial charge in [-0.25, -0.2) is 9.67 Å². The highest BCUT2D eigenvalue weighted by molar-refractivity contribution is 6.37. The molecule has 0 aliphatic carbocycles. The summed E-state index contributed by atoms with van der Waals surface area (Å²) < 4.78 is 1.47. The van der Waals surface area contributed by atoms with E-state index in [0.717, 1.165) is 0 Å². The molecule has 0 saturated carbocycles. The lowest BCUT2D eigenvalue weighted by molar-refractivity contribution is 0.0736. The number of amides is 1. The minimum Gasteiger partial charge on any atom is -0.335 e. The number of nitrogens with two attached hydrogens (primary N) is 1. The van der Waals surface area contributed by atoms with Gasteiger partial charge in [0.15, 0.2) is 0 Å². The molecule has 1 atom stereocenters. The average Bonchev–Trinajstić information content (AvgIpc) is 2.86. The second kappa shape index (κ2) is 7.97. The van der Waals surface area contributed by atoms with Gasteiger partial charge in [-0.05, 0) is 26.0 Å². The predicted octanol–water partition coefficient (Wildman–Crippen LogP) is 2.72. The Bertz CT molecular complexity index is 683. The number of hydrogen-bond acceptors (Lipinski definition) is 4. The van der Waals surface area contributed by atoms with Gasteiger partial charge in [0.25, 0.3) is 5.91 Å². The molecule has 0 aliphatic heterocycles. The fourth-order valence-electron chi connectivity index (χ4n) is 1.90. The minimum atomic E-state index is -0.303. The highest BCUT2D eigenvalue weighted by atomic mass is 35.5. The van der Waals surface area contributed by atoms with Gasteiger partial charge in [-0.15, -0.1) is 17.5 Å². The lowest BCUT2D eigenvalue weighted by Crippen LogP contribution is -2.40. The summed E-state index contributed by atoms with van der Waals surface area (Å²) in [5, 5.41) is 5.11. The van der Waals surface area contributed by atoms with Crippen LogP contribution in [0.2, 0.25) is 10.0 Å². The highest BCUT2D eigenvalue weighted by Gasteiger charge is 2.23. The second-order valence-corrected chi connectivity index (χ2v) is 5.78. The van der Waals surface area contributed by atoms with Crippen molar-refractivity contribution < 1.29 is 4.79 Å². The molecular formula is C14H18Cl3N5O. The van der Waals surface area contributed by atoms with Gasteiger partial charge in [-0.3, -0.25) is 4.79 Å². The van der Waals surface area contributed by atoms with Gasteiger partial charge in [-0.1, -0.05) is 29.3 Å². The van der Waals surface area contributed by atoms with E-state index in [-0.39, 0.29) is 30.2 Å². The molecule has 6 nitrogen and oxygen atoms in total. The van der Waals surface area contributed by atoms with E-state index in [1.807, 2.05) is 6.92 Å². The number of benzene rings is 1. The molecule has 0 aliphatic rings. The minimum absolute atomic E-state index is 0. The van der Waals surface area contributed by atoms with Crippen LogP contribution in [0.15, 0.2) is 18.2 Å². The number of aromatic nitrogens is 3. The van der Waals surface area contributed by atoms with Crippen molar-refractivity contribution in [1.82, 2.24) is 19.7 Å². The summed E-state index contributed by atoms with van der Waals surface area (Å²) in [6, 6.07) is 5.04. The van der Waals surface area contributed by atoms with Crippen LogP contribution >= 0.6 is 35.6 Å². The summed E-state index contributed by atoms with van der Waals surface area (Å²) in [4.78, 5) is 18.1. The molecule has 126 valence electrons. The lowest BCUT2D eigenvalue weighted by Gasteiger charge is -2.21. The van der Waals surface area contributed by atoms with E-state index in [2.05, 4.69) is 10.1 Å². The number of aryl methyl sites for hydroxylation is 1. The molecule has 1 unspecified atom stereocenters. The Morgan fingerprint density at radius 2 is 1.96 bits per heavy atom. The van der Waals surface area contributed by atoms with Crippen molar-refractivity contribution in [3.05, 3.63) is 39.9 Å². The Morgan fingerprint density at radius 1 is 1.39 bits per heavy atom. The van der Waals surface area contributed by atoms with Gasteiger partial charge < -0.3 is 10.6 Å². The Hall–Kier alpha value is -1.34. The number of carbonyl (C=O) groups excluding carboxylic acids is 1. The Labute approximate surface area is 151 Å². The molecule has 1 heterocycles. The van der Waals surface area contributed by atoms with E-state index >= 15 is 0 Å². The number of halogens is 3. The molecule has 2 aromatic rings. The summed E-state index contributed by atoms with van der Waals surface area (Å²) in [7, 11) is 1.67. The molecular weight excluding hydrogens is 361 g/mol. The van der Waals surface area contributed by atoms with E-state index in [4.69, 9.17) is 28.9 Å². The molecule has 0 spiro atoms. The van der Waals surface area contributed by atoms with E-state index in [1.54, 1.807) is 32.2 Å². The average molecular weight is 379 g/mol. The van der Waals surface area contributed by atoms with Crippen molar-refractivity contribution in [2.75, 3.05) is 13.6 Å². The van der Waals surface area contributed by atoms with Gasteiger partial charge in [0, 0.05) is 19.6 Å². The third kappa shape index (κ3) is 3.95. The first-order chi connectivity index (χ1) is 10.4. The zero-order valence-corrected chi connectivity index (χ0v) is 15.3. The Morgan fingerprint density at radius 3 is 2.48 bits per heavy atom. The smallest absolute Gasteiger partial charge is 0.293 e. The first-order valence-electron chi connectivity index (χ1n) is 6.72. The predicted molar refractivity (Wildman–Crippen MR) is 94.0 cm³/mol. The van der Waals surface area contributed by atoms with Crippen LogP contribution in [0.4, 0.5) is 0 Å². The second-order valence-electron chi connectivity index (χ2n) is 4.97. The number of para-hydroxylation sites is 1. The third-order valence-corrected chi connectivity index (χ3v) is 4.04. The first-order valence-corrected chi connectivity index (χ1v) is 7.47. The highest BCUT2D eigenvalue weighted by Crippen LogP contribution is 2.28. The van der Waals surface area contributed by atoms with E-state index in [0.29, 0.717) is 28.1 Å². The van der Waals surface area contributed by atoms with Crippen LogP contribution < -0.4 is 5.73 Å². The maximum atomic E-state index is 12.4. The van der Waals surface area contributed by atoms with E-state index < -0.39 is 0 Å². The van der Waals surface area contributed by atoms with Crippen LogP contribution in [0.5, 0.6) is 0 Å². The van der Waals surface area contributed by atoms with Crippen molar-refractivity contribution in [3.63, 3.8) is 0 Å². The Balaban J connectivity index is 0.00000264. The largest absolute Gasteiger partial charge is 0.335 e. The normalized spacial score (nSPS) is 11.7. The van der Waals surface area contributed by atoms with Crippen molar-refractivity contribution in [3.8, 4) is 5.69 Å². The SMILES string of the molecule is Cc1nc(C(=O)N(C)C(C)CN)nn1-c1c(Cl)cccc1Cl.Cl. The van der Waals surface area contributed by atoms with Gasteiger partial charge in [-0.2, -0.15) is 0 Å². The summed E-state index contributed by atoms with van der Waals surface area (Å²) in [5.41, 5.74) is 6.08. The molecule has 2 N–H and O–H groups in total. The van der Waals surface area contributed by atoms with Crippen LogP contribution in [-0.4, -0.2) is 45.2 Å². The van der Waals surface area contributed by atoms with Crippen molar-refractivity contribution in [2.24, 2.45) is 5.73 Å². The summed E-state index contributed by atoms with van der Waals surface area (Å²) >= 11 is 12.4. The van der Waals surface area contributed by atoms with Crippen LogP contribution in [0.3, 0.4) is 0 Å². The quantitative estimate of drug-likeness (QED) is 0.887. The molecule has 2 rings (SSSR count). The summed E-state index contributed by atoms with van der Waals surface area (Å²) in [6.07, 6.45) is 0. The molecule has 9 heteroatoms. The number of rotatable bonds is 4. The maximum Gasteiger partial charge on any atom is 0.293 e. The molecule has 0 fully saturated rings. The van der Waals surface area contributed by atoms with Crippen molar-refractivity contribution in [1.29, 1.82) is 0 Å². The summed E-state index contributed by atoms with van der Waals surface area (Å²) in [5.74, 6) is 0.298. The Kier molecular flexibility index (Phi) is 6.83. The summed E-state index contributed by atoms with van der Waals surface area (Å²) in [6.45, 7) is 3.95. The zero-order valence-electron chi connectivity index (χ0n) is 13.0. The molecule has 1 aromatic carbocycles. The number of likely N-dealkylation sites (N-methyl/N-ethyl adjacent to an activating group) is 1. The topological polar surface area (TPSA) is 77.0 Å². The van der Waals surface area contributed by atoms with Crippen LogP contribution in [0.25, 0.3) is 5.69 Å². The first kappa shape index (κ1) is 19.7. The zero-order chi connectivity index (χ0) is 16.4. The number of nitrogens with zero attached hydrogens (tertiary/aromatic N) is 4. The molecule has 23 heavy (non-hydrogen) atoms. The maximum absolute atomic E-state index is 12.4. The molecule has 1 amide bonds. The van der Waals surface area contributed by atoms with Crippen LogP contribution in [-0.2, 0) is 0 Å². The van der Waals surface area contributed by atoms with Crippen molar-refractivity contribution in [2.45, 2.75) is 19.9 Å². The van der Waals surface area contributed by atoms with Gasteiger partial charge in [0.1, 0.15) is 11.5 Å².